The summed E-state index contributed by atoms with van der Waals surface area (Å²) >= 11 is 6.42. The Labute approximate surface area is 87.7 Å². The van der Waals surface area contributed by atoms with Crippen LogP contribution in [0.15, 0.2) is 29.4 Å². The van der Waals surface area contributed by atoms with E-state index in [4.69, 9.17) is 0 Å². The molecule has 0 radical (unpaired) electrons. The van der Waals surface area contributed by atoms with E-state index in [9.17, 15) is 0 Å². The Kier molecular flexibility index (Phi) is 4.49. The monoisotopic (exact) mass is 212 g/mol. The van der Waals surface area contributed by atoms with Crippen molar-refractivity contribution < 1.29 is 0 Å². The molecule has 0 saturated carbocycles. The van der Waals surface area contributed by atoms with Gasteiger partial charge in [-0.2, -0.15) is 0 Å². The maximum atomic E-state index is 4.66. The number of likely N-dealkylation sites (N-methyl/N-ethyl adjacent to an activating group) is 1. The Bertz CT molecular complexity index is 278. The second kappa shape index (κ2) is 5.72. The third kappa shape index (κ3) is 3.57. The summed E-state index contributed by atoms with van der Waals surface area (Å²) in [5.41, 5.74) is 2.62. The Morgan fingerprint density at radius 3 is 3.08 bits per heavy atom. The highest BCUT2D eigenvalue weighted by atomic mass is 32.1. The standard InChI is InChI=1S/C9H12N2S2/c1-10-8(6-11-7-12)5-9-3-2-4-13-9/h2-4,6-7,10H,5H2,1H3,(H,11,12)/b8-6-. The number of rotatable bonds is 5. The quantitative estimate of drug-likeness (QED) is 0.729. The molecule has 13 heavy (non-hydrogen) atoms. The van der Waals surface area contributed by atoms with Gasteiger partial charge in [-0.1, -0.05) is 18.3 Å². The SMILES string of the molecule is CN/C(=C\NC=S)Cc1cccs1. The highest BCUT2D eigenvalue weighted by molar-refractivity contribution is 7.78. The van der Waals surface area contributed by atoms with E-state index in [0.29, 0.717) is 0 Å². The van der Waals surface area contributed by atoms with Crippen molar-refractivity contribution in [1.82, 2.24) is 10.6 Å². The lowest BCUT2D eigenvalue weighted by Gasteiger charge is -2.04. The largest absolute Gasteiger partial charge is 0.390 e. The van der Waals surface area contributed by atoms with Gasteiger partial charge in [0.25, 0.3) is 0 Å². The van der Waals surface area contributed by atoms with Crippen molar-refractivity contribution in [2.75, 3.05) is 7.05 Å². The smallest absolute Gasteiger partial charge is 0.0654 e. The maximum Gasteiger partial charge on any atom is 0.0654 e. The third-order valence-corrected chi connectivity index (χ3v) is 2.60. The van der Waals surface area contributed by atoms with Crippen molar-refractivity contribution in [2.24, 2.45) is 0 Å². The van der Waals surface area contributed by atoms with Crippen molar-refractivity contribution in [2.45, 2.75) is 6.42 Å². The van der Waals surface area contributed by atoms with E-state index < -0.39 is 0 Å². The van der Waals surface area contributed by atoms with Gasteiger partial charge in [-0.05, 0) is 11.4 Å². The van der Waals surface area contributed by atoms with Gasteiger partial charge in [-0.3, -0.25) is 0 Å². The van der Waals surface area contributed by atoms with Gasteiger partial charge in [0.2, 0.25) is 0 Å². The van der Waals surface area contributed by atoms with E-state index in [-0.39, 0.29) is 0 Å². The fourth-order valence-electron chi connectivity index (χ4n) is 0.947. The van der Waals surface area contributed by atoms with Crippen LogP contribution >= 0.6 is 23.6 Å². The molecular formula is C9H12N2S2. The zero-order valence-electron chi connectivity index (χ0n) is 7.41. The Balaban J connectivity index is 2.54. The lowest BCUT2D eigenvalue weighted by atomic mass is 10.3. The predicted octanol–water partition coefficient (Wildman–Crippen LogP) is 1.90. The highest BCUT2D eigenvalue weighted by Gasteiger charge is 1.97. The van der Waals surface area contributed by atoms with E-state index in [1.54, 1.807) is 11.3 Å². The molecule has 0 saturated heterocycles. The summed E-state index contributed by atoms with van der Waals surface area (Å²) in [6.45, 7) is 0. The van der Waals surface area contributed by atoms with E-state index >= 15 is 0 Å². The van der Waals surface area contributed by atoms with E-state index in [1.165, 1.54) is 10.4 Å². The van der Waals surface area contributed by atoms with Gasteiger partial charge in [-0.25, -0.2) is 0 Å². The van der Waals surface area contributed by atoms with Crippen molar-refractivity contribution in [3.63, 3.8) is 0 Å². The first-order valence-electron chi connectivity index (χ1n) is 3.95. The first-order valence-corrected chi connectivity index (χ1v) is 5.31. The van der Waals surface area contributed by atoms with Crippen molar-refractivity contribution in [1.29, 1.82) is 0 Å². The topological polar surface area (TPSA) is 24.1 Å². The summed E-state index contributed by atoms with van der Waals surface area (Å²) in [5.74, 6) is 0. The minimum Gasteiger partial charge on any atom is -0.390 e. The summed E-state index contributed by atoms with van der Waals surface area (Å²) < 4.78 is 0. The number of hydrogen-bond donors (Lipinski definition) is 2. The molecule has 0 atom stereocenters. The predicted molar refractivity (Wildman–Crippen MR) is 62.0 cm³/mol. The molecule has 70 valence electrons. The zero-order valence-corrected chi connectivity index (χ0v) is 9.04. The van der Waals surface area contributed by atoms with Crippen LogP contribution in [0, 0.1) is 0 Å². The van der Waals surface area contributed by atoms with E-state index in [0.717, 1.165) is 12.1 Å². The van der Waals surface area contributed by atoms with Gasteiger partial charge < -0.3 is 10.6 Å². The molecule has 0 aromatic carbocycles. The molecule has 0 bridgehead atoms. The van der Waals surface area contributed by atoms with Gasteiger partial charge in [0.15, 0.2) is 0 Å². The summed E-state index contributed by atoms with van der Waals surface area (Å²) in [7, 11) is 1.91. The van der Waals surface area contributed by atoms with Crippen LogP contribution < -0.4 is 10.6 Å². The Hall–Kier alpha value is -0.870. The average Bonchev–Trinajstić information content (AvgIpc) is 2.64. The molecule has 1 rings (SSSR count). The lowest BCUT2D eigenvalue weighted by Crippen LogP contribution is -2.12. The minimum absolute atomic E-state index is 0.921. The van der Waals surface area contributed by atoms with Crippen molar-refractivity contribution >= 4 is 29.0 Å². The van der Waals surface area contributed by atoms with Crippen LogP contribution in [0.2, 0.25) is 0 Å². The number of allylic oxidation sites excluding steroid dienone is 1. The van der Waals surface area contributed by atoms with Crippen LogP contribution in [0.1, 0.15) is 4.88 Å². The van der Waals surface area contributed by atoms with Gasteiger partial charge in [0.1, 0.15) is 0 Å². The van der Waals surface area contributed by atoms with Gasteiger partial charge in [-0.15, -0.1) is 11.3 Å². The molecule has 0 spiro atoms. The second-order valence-electron chi connectivity index (χ2n) is 2.46. The van der Waals surface area contributed by atoms with Crippen LogP contribution in [0.4, 0.5) is 0 Å². The Morgan fingerprint density at radius 2 is 2.54 bits per heavy atom. The summed E-state index contributed by atoms with van der Waals surface area (Å²) in [6.07, 6.45) is 2.80. The normalized spacial score (nSPS) is 11.0. The lowest BCUT2D eigenvalue weighted by molar-refractivity contribution is 0.913. The maximum absolute atomic E-state index is 4.66. The molecule has 1 aromatic heterocycles. The van der Waals surface area contributed by atoms with E-state index in [1.807, 2.05) is 13.2 Å². The number of hydrogen-bond acceptors (Lipinski definition) is 3. The van der Waals surface area contributed by atoms with Crippen LogP contribution in [-0.4, -0.2) is 12.5 Å². The molecular weight excluding hydrogens is 200 g/mol. The first kappa shape index (κ1) is 10.2. The highest BCUT2D eigenvalue weighted by Crippen LogP contribution is 2.11. The first-order chi connectivity index (χ1) is 6.36. The van der Waals surface area contributed by atoms with Crippen LogP contribution in [-0.2, 0) is 6.42 Å². The molecule has 0 aliphatic heterocycles. The summed E-state index contributed by atoms with van der Waals surface area (Å²) in [6, 6.07) is 4.17. The zero-order chi connectivity index (χ0) is 9.52. The van der Waals surface area contributed by atoms with Crippen LogP contribution in [0.25, 0.3) is 0 Å². The van der Waals surface area contributed by atoms with Gasteiger partial charge >= 0.3 is 0 Å². The van der Waals surface area contributed by atoms with Crippen LogP contribution in [0.3, 0.4) is 0 Å². The third-order valence-electron chi connectivity index (χ3n) is 1.59. The second-order valence-corrected chi connectivity index (χ2v) is 3.73. The molecule has 1 heterocycles. The summed E-state index contributed by atoms with van der Waals surface area (Å²) in [4.78, 5) is 1.34. The molecule has 2 N–H and O–H groups in total. The van der Waals surface area contributed by atoms with Crippen LogP contribution in [0.5, 0.6) is 0 Å². The fourth-order valence-corrected chi connectivity index (χ4v) is 1.74. The molecule has 0 amide bonds. The molecule has 0 aliphatic rings. The minimum atomic E-state index is 0.921. The Morgan fingerprint density at radius 1 is 1.69 bits per heavy atom. The number of thiocarbonyl (C=S) groups is 1. The average molecular weight is 212 g/mol. The van der Waals surface area contributed by atoms with E-state index in [2.05, 4.69) is 40.4 Å². The van der Waals surface area contributed by atoms with Crippen molar-refractivity contribution in [3.8, 4) is 0 Å². The van der Waals surface area contributed by atoms with Gasteiger partial charge in [0, 0.05) is 30.2 Å². The molecule has 2 nitrogen and oxygen atoms in total. The summed E-state index contributed by atoms with van der Waals surface area (Å²) in [5, 5.41) is 8.07. The molecule has 0 aliphatic carbocycles. The molecule has 4 heteroatoms. The fraction of sp³-hybridized carbons (Fsp3) is 0.222. The number of thiophene rings is 1. The number of nitrogens with one attached hydrogen (secondary N) is 2. The molecule has 1 aromatic rings. The van der Waals surface area contributed by atoms with Gasteiger partial charge in [0.05, 0.1) is 5.49 Å². The van der Waals surface area contributed by atoms with Crippen molar-refractivity contribution in [3.05, 3.63) is 34.3 Å². The molecule has 0 fully saturated rings. The molecule has 0 unspecified atom stereocenters.